The highest BCUT2D eigenvalue weighted by Crippen LogP contribution is 2.32. The van der Waals surface area contributed by atoms with Crippen molar-refractivity contribution in [2.75, 3.05) is 16.8 Å². The number of nitrogens with zero attached hydrogens (tertiary/aromatic N) is 2. The van der Waals surface area contributed by atoms with E-state index in [1.54, 1.807) is 6.92 Å². The fourth-order valence-corrected chi connectivity index (χ4v) is 4.05. The maximum Gasteiger partial charge on any atom is 0.260 e. The van der Waals surface area contributed by atoms with Crippen LogP contribution in [0.2, 0.25) is 0 Å². The van der Waals surface area contributed by atoms with Crippen molar-refractivity contribution in [1.82, 2.24) is 4.98 Å². The van der Waals surface area contributed by atoms with Gasteiger partial charge in [0.05, 0.1) is 5.69 Å². The Kier molecular flexibility index (Phi) is 5.03. The van der Waals surface area contributed by atoms with Crippen LogP contribution in [0.4, 0.5) is 10.8 Å². The molecule has 0 saturated carbocycles. The van der Waals surface area contributed by atoms with Crippen molar-refractivity contribution >= 4 is 34.0 Å². The zero-order valence-corrected chi connectivity index (χ0v) is 15.2. The van der Waals surface area contributed by atoms with Gasteiger partial charge in [0.2, 0.25) is 5.91 Å². The van der Waals surface area contributed by atoms with Crippen molar-refractivity contribution in [2.45, 2.75) is 39.2 Å². The van der Waals surface area contributed by atoms with Crippen LogP contribution in [0.3, 0.4) is 0 Å². The fourth-order valence-electron chi connectivity index (χ4n) is 3.05. The molecular formula is C18H22N4O2S. The number of benzene rings is 1. The van der Waals surface area contributed by atoms with Crippen LogP contribution in [-0.2, 0) is 11.2 Å². The number of hydrogen-bond donors (Lipinski definition) is 2. The maximum absolute atomic E-state index is 12.7. The Morgan fingerprint density at radius 1 is 1.36 bits per heavy atom. The molecule has 2 heterocycles. The molecular weight excluding hydrogens is 336 g/mol. The largest absolute Gasteiger partial charge is 0.365 e. The van der Waals surface area contributed by atoms with E-state index in [1.807, 2.05) is 29.2 Å². The Bertz CT molecular complexity index is 785. The van der Waals surface area contributed by atoms with E-state index in [0.717, 1.165) is 31.5 Å². The number of thiazole rings is 1. The van der Waals surface area contributed by atoms with Gasteiger partial charge in [-0.15, -0.1) is 0 Å². The lowest BCUT2D eigenvalue weighted by molar-refractivity contribution is -0.117. The molecule has 25 heavy (non-hydrogen) atoms. The van der Waals surface area contributed by atoms with Gasteiger partial charge in [-0.2, -0.15) is 0 Å². The Hall–Kier alpha value is -2.41. The molecule has 0 radical (unpaired) electrons. The molecule has 1 saturated heterocycles. The van der Waals surface area contributed by atoms with E-state index in [1.165, 1.54) is 16.9 Å². The first kappa shape index (κ1) is 17.4. The molecule has 1 aromatic heterocycles. The SMILES string of the molecule is CCc1ccc(NC(=O)[C@@H]2CCCN2c2nc(C)c(C(N)=O)s2)cc1. The number of carbonyl (C=O) groups is 2. The first-order chi connectivity index (χ1) is 12.0. The molecule has 3 rings (SSSR count). The molecule has 0 unspecified atom stereocenters. The van der Waals surface area contributed by atoms with Crippen molar-refractivity contribution in [1.29, 1.82) is 0 Å². The number of amides is 2. The summed E-state index contributed by atoms with van der Waals surface area (Å²) in [6.45, 7) is 4.61. The standard InChI is InChI=1S/C18H22N4O2S/c1-3-12-6-8-13(9-7-12)21-17(24)14-5-4-10-22(14)18-20-11(2)15(25-18)16(19)23/h6-9,14H,3-5,10H2,1-2H3,(H2,19,23)(H,21,24)/t14-/m0/s1. The van der Waals surface area contributed by atoms with Crippen LogP contribution in [-0.4, -0.2) is 29.4 Å². The molecule has 6 nitrogen and oxygen atoms in total. The molecule has 2 aromatic rings. The zero-order chi connectivity index (χ0) is 18.0. The molecule has 0 spiro atoms. The van der Waals surface area contributed by atoms with Crippen LogP contribution in [0.15, 0.2) is 24.3 Å². The van der Waals surface area contributed by atoms with Gasteiger partial charge in [0, 0.05) is 12.2 Å². The van der Waals surface area contributed by atoms with Gasteiger partial charge < -0.3 is 16.0 Å². The molecule has 132 valence electrons. The molecule has 7 heteroatoms. The molecule has 1 aliphatic heterocycles. The Balaban J connectivity index is 1.75. The van der Waals surface area contributed by atoms with E-state index in [0.29, 0.717) is 15.7 Å². The van der Waals surface area contributed by atoms with E-state index in [-0.39, 0.29) is 11.9 Å². The van der Waals surface area contributed by atoms with Gasteiger partial charge >= 0.3 is 0 Å². The second-order valence-corrected chi connectivity index (χ2v) is 7.14. The van der Waals surface area contributed by atoms with Crippen molar-refractivity contribution in [2.24, 2.45) is 5.73 Å². The smallest absolute Gasteiger partial charge is 0.260 e. The summed E-state index contributed by atoms with van der Waals surface area (Å²) in [5, 5.41) is 3.67. The summed E-state index contributed by atoms with van der Waals surface area (Å²) in [5.74, 6) is -0.521. The van der Waals surface area contributed by atoms with E-state index in [4.69, 9.17) is 5.73 Å². The molecule has 0 bridgehead atoms. The van der Waals surface area contributed by atoms with Crippen LogP contribution >= 0.6 is 11.3 Å². The Morgan fingerprint density at radius 2 is 2.08 bits per heavy atom. The Morgan fingerprint density at radius 3 is 2.68 bits per heavy atom. The summed E-state index contributed by atoms with van der Waals surface area (Å²) >= 11 is 1.26. The van der Waals surface area contributed by atoms with Crippen LogP contribution in [0.5, 0.6) is 0 Å². The number of rotatable bonds is 5. The van der Waals surface area contributed by atoms with Gasteiger partial charge in [-0.1, -0.05) is 30.4 Å². The number of anilines is 2. The summed E-state index contributed by atoms with van der Waals surface area (Å²) < 4.78 is 0. The number of aromatic nitrogens is 1. The molecule has 1 aromatic carbocycles. The number of carbonyl (C=O) groups excluding carboxylic acids is 2. The molecule has 2 amide bonds. The van der Waals surface area contributed by atoms with Gasteiger partial charge in [0.1, 0.15) is 10.9 Å². The van der Waals surface area contributed by atoms with Gasteiger partial charge in [-0.3, -0.25) is 9.59 Å². The summed E-state index contributed by atoms with van der Waals surface area (Å²) in [6.07, 6.45) is 2.65. The van der Waals surface area contributed by atoms with Crippen molar-refractivity contribution < 1.29 is 9.59 Å². The van der Waals surface area contributed by atoms with E-state index in [9.17, 15) is 9.59 Å². The highest BCUT2D eigenvalue weighted by Gasteiger charge is 2.33. The lowest BCUT2D eigenvalue weighted by atomic mass is 10.1. The molecule has 1 atom stereocenters. The summed E-state index contributed by atoms with van der Waals surface area (Å²) in [6, 6.07) is 7.61. The first-order valence-corrected chi connectivity index (χ1v) is 9.25. The van der Waals surface area contributed by atoms with Crippen LogP contribution in [0.25, 0.3) is 0 Å². The van der Waals surface area contributed by atoms with Gasteiger partial charge in [-0.25, -0.2) is 4.98 Å². The highest BCUT2D eigenvalue weighted by atomic mass is 32.1. The lowest BCUT2D eigenvalue weighted by Crippen LogP contribution is -2.39. The third-order valence-corrected chi connectivity index (χ3v) is 5.65. The van der Waals surface area contributed by atoms with Crippen molar-refractivity contribution in [3.8, 4) is 0 Å². The number of nitrogens with two attached hydrogens (primary N) is 1. The van der Waals surface area contributed by atoms with Gasteiger partial charge in [0.15, 0.2) is 5.13 Å². The van der Waals surface area contributed by atoms with Gasteiger partial charge in [0.25, 0.3) is 5.91 Å². The summed E-state index contributed by atoms with van der Waals surface area (Å²) in [7, 11) is 0. The molecule has 1 aliphatic rings. The third kappa shape index (κ3) is 3.66. The predicted molar refractivity (Wildman–Crippen MR) is 100 cm³/mol. The van der Waals surface area contributed by atoms with E-state index in [2.05, 4.69) is 17.2 Å². The number of primary amides is 1. The van der Waals surface area contributed by atoms with Crippen molar-refractivity contribution in [3.63, 3.8) is 0 Å². The molecule has 1 fully saturated rings. The highest BCUT2D eigenvalue weighted by molar-refractivity contribution is 7.17. The van der Waals surface area contributed by atoms with Crippen molar-refractivity contribution in [3.05, 3.63) is 40.4 Å². The number of hydrogen-bond acceptors (Lipinski definition) is 5. The summed E-state index contributed by atoms with van der Waals surface area (Å²) in [5.41, 5.74) is 8.03. The monoisotopic (exact) mass is 358 g/mol. The molecule has 3 N–H and O–H groups in total. The van der Waals surface area contributed by atoms with E-state index < -0.39 is 5.91 Å². The average Bonchev–Trinajstić information content (AvgIpc) is 3.21. The third-order valence-electron chi connectivity index (χ3n) is 4.44. The van der Waals surface area contributed by atoms with Crippen LogP contribution in [0.1, 0.15) is 40.7 Å². The quantitative estimate of drug-likeness (QED) is 0.860. The predicted octanol–water partition coefficient (Wildman–Crippen LogP) is 2.72. The van der Waals surface area contributed by atoms with Crippen LogP contribution < -0.4 is 16.0 Å². The lowest BCUT2D eigenvalue weighted by Gasteiger charge is -2.23. The number of nitrogens with one attached hydrogen (secondary N) is 1. The zero-order valence-electron chi connectivity index (χ0n) is 14.4. The number of aryl methyl sites for hydroxylation is 2. The van der Waals surface area contributed by atoms with Crippen LogP contribution in [0, 0.1) is 6.92 Å². The van der Waals surface area contributed by atoms with E-state index >= 15 is 0 Å². The molecule has 0 aliphatic carbocycles. The average molecular weight is 358 g/mol. The second kappa shape index (κ2) is 7.23. The minimum Gasteiger partial charge on any atom is -0.365 e. The normalized spacial score (nSPS) is 16.9. The maximum atomic E-state index is 12.7. The summed E-state index contributed by atoms with van der Waals surface area (Å²) in [4.78, 5) is 31.0. The minimum atomic E-state index is -0.475. The fraction of sp³-hybridized carbons (Fsp3) is 0.389. The first-order valence-electron chi connectivity index (χ1n) is 8.43. The minimum absolute atomic E-state index is 0.0461. The van der Waals surface area contributed by atoms with Gasteiger partial charge in [-0.05, 0) is 43.9 Å². The topological polar surface area (TPSA) is 88.3 Å². The second-order valence-electron chi connectivity index (χ2n) is 6.17. The Labute approximate surface area is 151 Å².